The van der Waals surface area contributed by atoms with Crippen molar-refractivity contribution in [1.82, 2.24) is 4.98 Å². The highest BCUT2D eigenvalue weighted by Gasteiger charge is 2.13. The summed E-state index contributed by atoms with van der Waals surface area (Å²) in [5.74, 6) is 0. The number of sulfonamides is 1. The third-order valence-corrected chi connectivity index (χ3v) is 4.11. The summed E-state index contributed by atoms with van der Waals surface area (Å²) in [7, 11) is -5.20. The predicted octanol–water partition coefficient (Wildman–Crippen LogP) is -0.201. The maximum atomic E-state index is 12.8. The van der Waals surface area contributed by atoms with Crippen LogP contribution >= 0.6 is 0 Å². The molecule has 0 spiro atoms. The van der Waals surface area contributed by atoms with Gasteiger partial charge in [-0.25, -0.2) is 8.42 Å². The first-order chi connectivity index (χ1) is 11.2. The van der Waals surface area contributed by atoms with Crippen LogP contribution in [0.4, 0.5) is 5.69 Å². The first-order valence-corrected chi connectivity index (χ1v) is 8.84. The molecule has 2 aromatic carbocycles. The summed E-state index contributed by atoms with van der Waals surface area (Å²) in [4.78, 5) is 16.9. The molecule has 0 amide bonds. The molecule has 0 saturated carbocycles. The topological polar surface area (TPSA) is 117 Å². The van der Waals surface area contributed by atoms with Gasteiger partial charge in [-0.2, -0.15) is 0 Å². The van der Waals surface area contributed by atoms with Crippen molar-refractivity contribution in [3.63, 3.8) is 0 Å². The second-order valence-electron chi connectivity index (χ2n) is 5.41. The smallest absolute Gasteiger partial charge is 0.423 e. The summed E-state index contributed by atoms with van der Waals surface area (Å²) in [5, 5.41) is 19.6. The number of hydrogen-bond donors (Lipinski definition) is 3. The third-order valence-electron chi connectivity index (χ3n) is 3.50. The molecule has 0 radical (unpaired) electrons. The fourth-order valence-corrected chi connectivity index (χ4v) is 2.99. The first-order valence-electron chi connectivity index (χ1n) is 6.95. The number of anilines is 1. The number of aromatic nitrogens is 1. The van der Waals surface area contributed by atoms with Gasteiger partial charge < -0.3 is 10.0 Å². The molecule has 0 atom stereocenters. The molecule has 1 aromatic heterocycles. The molecular formula is C15H13BN2O5S. The number of rotatable bonds is 3. The lowest BCUT2D eigenvalue weighted by atomic mass is 9.81. The zero-order chi connectivity index (χ0) is 17.5. The average Bonchev–Trinajstić information content (AvgIpc) is 2.63. The van der Waals surface area contributed by atoms with Crippen LogP contribution in [0.3, 0.4) is 0 Å². The van der Waals surface area contributed by atoms with E-state index in [0.717, 1.165) is 6.26 Å². The van der Waals surface area contributed by atoms with Gasteiger partial charge in [0.05, 0.1) is 11.8 Å². The van der Waals surface area contributed by atoms with Crippen LogP contribution in [0.25, 0.3) is 21.7 Å². The van der Waals surface area contributed by atoms with Crippen molar-refractivity contribution in [3.8, 4) is 0 Å². The maximum absolute atomic E-state index is 12.8. The highest BCUT2D eigenvalue weighted by atomic mass is 32.2. The van der Waals surface area contributed by atoms with Crippen molar-refractivity contribution in [2.24, 2.45) is 0 Å². The fraction of sp³-hybridized carbons (Fsp3) is 0.0667. The van der Waals surface area contributed by atoms with E-state index in [1.165, 1.54) is 18.3 Å². The quantitative estimate of drug-likeness (QED) is 0.567. The Morgan fingerprint density at radius 1 is 1.08 bits per heavy atom. The summed E-state index contributed by atoms with van der Waals surface area (Å²) in [6.07, 6.45) is 2.31. The zero-order valence-electron chi connectivity index (χ0n) is 12.6. The van der Waals surface area contributed by atoms with Gasteiger partial charge in [0.15, 0.2) is 5.43 Å². The van der Waals surface area contributed by atoms with Crippen molar-refractivity contribution in [2.45, 2.75) is 0 Å². The van der Waals surface area contributed by atoms with E-state index in [-0.39, 0.29) is 22.0 Å². The van der Waals surface area contributed by atoms with E-state index in [0.29, 0.717) is 16.3 Å². The van der Waals surface area contributed by atoms with E-state index in [1.54, 1.807) is 24.3 Å². The van der Waals surface area contributed by atoms with Gasteiger partial charge in [0, 0.05) is 28.1 Å². The molecule has 0 bridgehead atoms. The van der Waals surface area contributed by atoms with Crippen molar-refractivity contribution in [2.75, 3.05) is 11.0 Å². The largest absolute Gasteiger partial charge is 0.490 e. The normalized spacial score (nSPS) is 11.6. The second-order valence-corrected chi connectivity index (χ2v) is 7.16. The van der Waals surface area contributed by atoms with Crippen LogP contribution < -0.4 is 15.6 Å². The van der Waals surface area contributed by atoms with Crippen LogP contribution in [0.1, 0.15) is 0 Å². The van der Waals surface area contributed by atoms with E-state index in [4.69, 9.17) is 0 Å². The average molecular weight is 344 g/mol. The number of fused-ring (bicyclic) bond motifs is 2. The van der Waals surface area contributed by atoms with Crippen LogP contribution in [-0.4, -0.2) is 36.8 Å². The van der Waals surface area contributed by atoms with Crippen LogP contribution in [-0.2, 0) is 10.0 Å². The van der Waals surface area contributed by atoms with Crippen molar-refractivity contribution in [3.05, 3.63) is 52.8 Å². The fourth-order valence-electron chi connectivity index (χ4n) is 2.44. The Kier molecular flexibility index (Phi) is 4.00. The Labute approximate surface area is 137 Å². The molecule has 0 unspecified atom stereocenters. The van der Waals surface area contributed by atoms with Crippen LogP contribution in [0, 0.1) is 0 Å². The molecule has 3 aromatic rings. The van der Waals surface area contributed by atoms with Gasteiger partial charge in [-0.1, -0.05) is 12.1 Å². The van der Waals surface area contributed by atoms with Gasteiger partial charge in [-0.15, -0.1) is 0 Å². The van der Waals surface area contributed by atoms with E-state index in [1.807, 2.05) is 0 Å². The lowest BCUT2D eigenvalue weighted by Crippen LogP contribution is -2.30. The molecule has 1 heterocycles. The molecule has 3 rings (SSSR count). The summed E-state index contributed by atoms with van der Waals surface area (Å²) in [5.41, 5.74) is 0.396. The SMILES string of the molecule is CS(=O)(=O)Nc1ccc2ccc3ncc(B(O)O)cc3c(=O)c2c1. The van der Waals surface area contributed by atoms with Crippen molar-refractivity contribution < 1.29 is 18.5 Å². The lowest BCUT2D eigenvalue weighted by molar-refractivity contribution is 0.425. The second kappa shape index (κ2) is 5.86. The maximum Gasteiger partial charge on any atom is 0.490 e. The van der Waals surface area contributed by atoms with Crippen LogP contribution in [0.5, 0.6) is 0 Å². The van der Waals surface area contributed by atoms with E-state index >= 15 is 0 Å². The van der Waals surface area contributed by atoms with Crippen molar-refractivity contribution >= 4 is 50.0 Å². The van der Waals surface area contributed by atoms with E-state index in [9.17, 15) is 23.3 Å². The van der Waals surface area contributed by atoms with E-state index < -0.39 is 17.1 Å². The molecule has 0 aliphatic heterocycles. The van der Waals surface area contributed by atoms with Crippen LogP contribution in [0.2, 0.25) is 0 Å². The molecule has 9 heteroatoms. The Balaban J connectivity index is 2.35. The zero-order valence-corrected chi connectivity index (χ0v) is 13.4. The summed E-state index contributed by atoms with van der Waals surface area (Å²) >= 11 is 0. The molecule has 0 aliphatic rings. The molecule has 3 N–H and O–H groups in total. The lowest BCUT2D eigenvalue weighted by Gasteiger charge is -2.03. The molecule has 24 heavy (non-hydrogen) atoms. The van der Waals surface area contributed by atoms with Gasteiger partial charge in [0.1, 0.15) is 0 Å². The third kappa shape index (κ3) is 3.23. The highest BCUT2D eigenvalue weighted by molar-refractivity contribution is 7.92. The molecule has 0 fully saturated rings. The minimum absolute atomic E-state index is 0.101. The summed E-state index contributed by atoms with van der Waals surface area (Å²) in [6.45, 7) is 0. The Hall–Kier alpha value is -2.49. The van der Waals surface area contributed by atoms with Gasteiger partial charge in [-0.3, -0.25) is 14.5 Å². The predicted molar refractivity (Wildman–Crippen MR) is 93.8 cm³/mol. The minimum atomic E-state index is -3.47. The molecule has 0 saturated heterocycles. The summed E-state index contributed by atoms with van der Waals surface area (Å²) in [6, 6.07) is 9.35. The molecule has 0 aliphatic carbocycles. The van der Waals surface area contributed by atoms with Crippen LogP contribution in [0.15, 0.2) is 47.4 Å². The Morgan fingerprint density at radius 2 is 1.79 bits per heavy atom. The molecule has 122 valence electrons. The number of nitrogens with one attached hydrogen (secondary N) is 1. The van der Waals surface area contributed by atoms with Gasteiger partial charge in [0.25, 0.3) is 0 Å². The van der Waals surface area contributed by atoms with Gasteiger partial charge >= 0.3 is 7.12 Å². The van der Waals surface area contributed by atoms with Crippen molar-refractivity contribution in [1.29, 1.82) is 0 Å². The Morgan fingerprint density at radius 3 is 2.46 bits per heavy atom. The number of benzene rings is 1. The molecular weight excluding hydrogens is 331 g/mol. The van der Waals surface area contributed by atoms with Gasteiger partial charge in [0.2, 0.25) is 10.0 Å². The highest BCUT2D eigenvalue weighted by Crippen LogP contribution is 2.18. The van der Waals surface area contributed by atoms with E-state index in [2.05, 4.69) is 9.71 Å². The molecule has 7 nitrogen and oxygen atoms in total. The first kappa shape index (κ1) is 16.4. The Bertz CT molecular complexity index is 1120. The number of hydrogen-bond acceptors (Lipinski definition) is 6. The minimum Gasteiger partial charge on any atom is -0.423 e. The van der Waals surface area contributed by atoms with Gasteiger partial charge in [-0.05, 0) is 29.7 Å². The summed E-state index contributed by atoms with van der Waals surface area (Å²) < 4.78 is 25.0. The monoisotopic (exact) mass is 344 g/mol. The standard InChI is InChI=1S/C15H13BN2O5S/c1-24(22,23)18-11-4-2-9-3-5-14-13(15(19)12(9)7-11)6-10(8-17-14)16(20)21/h2-8,18,20-21H,1H3. The number of nitrogens with zero attached hydrogens (tertiary/aromatic N) is 1. The number of pyridine rings is 1.